The average Bonchev–Trinajstić information content (AvgIpc) is 2.15. The number of likely N-dealkylation sites (tertiary alicyclic amines) is 1. The van der Waals surface area contributed by atoms with Gasteiger partial charge in [0.05, 0.1) is 0 Å². The van der Waals surface area contributed by atoms with Crippen molar-refractivity contribution in [3.8, 4) is 0 Å². The Hall–Kier alpha value is -0.920. The Labute approximate surface area is 81.1 Å². The molecule has 1 rings (SSSR count). The van der Waals surface area contributed by atoms with Crippen LogP contribution in [-0.4, -0.2) is 18.0 Å². The van der Waals surface area contributed by atoms with Crippen molar-refractivity contribution in [2.24, 2.45) is 5.73 Å². The van der Waals surface area contributed by atoms with Gasteiger partial charge in [-0.1, -0.05) is 0 Å². The third kappa shape index (κ3) is 3.53. The van der Waals surface area contributed by atoms with E-state index < -0.39 is 0 Å². The lowest BCUT2D eigenvalue weighted by molar-refractivity contribution is 0.286. The molecule has 0 saturated carbocycles. The van der Waals surface area contributed by atoms with E-state index in [1.54, 1.807) is 0 Å². The van der Waals surface area contributed by atoms with Crippen LogP contribution in [0.5, 0.6) is 0 Å². The van der Waals surface area contributed by atoms with E-state index in [0.717, 1.165) is 5.70 Å². The van der Waals surface area contributed by atoms with Crippen molar-refractivity contribution in [1.29, 1.82) is 0 Å². The monoisotopic (exact) mass is 180 g/mol. The average molecular weight is 180 g/mol. The Bertz CT molecular complexity index is 206. The van der Waals surface area contributed by atoms with Crippen LogP contribution in [0.2, 0.25) is 0 Å². The van der Waals surface area contributed by atoms with Crippen LogP contribution in [0.4, 0.5) is 0 Å². The van der Waals surface area contributed by atoms with E-state index >= 15 is 0 Å². The molecule has 0 aromatic rings. The largest absolute Gasteiger partial charge is 0.402 e. The van der Waals surface area contributed by atoms with Crippen LogP contribution in [0.3, 0.4) is 0 Å². The summed E-state index contributed by atoms with van der Waals surface area (Å²) < 4.78 is 0. The molecule has 1 aliphatic heterocycles. The summed E-state index contributed by atoms with van der Waals surface area (Å²) in [5, 5.41) is 0. The molecule has 13 heavy (non-hydrogen) atoms. The van der Waals surface area contributed by atoms with Gasteiger partial charge in [0.2, 0.25) is 0 Å². The van der Waals surface area contributed by atoms with Crippen LogP contribution in [-0.2, 0) is 0 Å². The summed E-state index contributed by atoms with van der Waals surface area (Å²) in [7, 11) is 0. The SMILES string of the molecule is C/C(N)=C\C=C(/C)N1CCCCC1. The predicted molar refractivity (Wildman–Crippen MR) is 57.1 cm³/mol. The molecule has 0 spiro atoms. The number of allylic oxidation sites excluding steroid dienone is 4. The lowest BCUT2D eigenvalue weighted by Gasteiger charge is -2.29. The summed E-state index contributed by atoms with van der Waals surface area (Å²) in [6.07, 6.45) is 8.13. The first-order chi connectivity index (χ1) is 6.20. The molecule has 0 radical (unpaired) electrons. The Morgan fingerprint density at radius 3 is 2.23 bits per heavy atom. The third-order valence-electron chi connectivity index (χ3n) is 2.44. The fourth-order valence-electron chi connectivity index (χ4n) is 1.60. The lowest BCUT2D eigenvalue weighted by Crippen LogP contribution is -2.27. The summed E-state index contributed by atoms with van der Waals surface area (Å²) in [5.74, 6) is 0. The molecule has 0 bridgehead atoms. The van der Waals surface area contributed by atoms with Gasteiger partial charge in [-0.3, -0.25) is 0 Å². The number of hydrogen-bond donors (Lipinski definition) is 1. The first kappa shape index (κ1) is 10.2. The van der Waals surface area contributed by atoms with Gasteiger partial charge < -0.3 is 10.6 Å². The van der Waals surface area contributed by atoms with Crippen LogP contribution in [0.1, 0.15) is 33.1 Å². The van der Waals surface area contributed by atoms with E-state index in [-0.39, 0.29) is 0 Å². The van der Waals surface area contributed by atoms with Crippen molar-refractivity contribution >= 4 is 0 Å². The molecule has 74 valence electrons. The van der Waals surface area contributed by atoms with Gasteiger partial charge in [-0.05, 0) is 45.3 Å². The second kappa shape index (κ2) is 4.95. The highest BCUT2D eigenvalue weighted by Gasteiger charge is 2.08. The number of nitrogens with zero attached hydrogens (tertiary/aromatic N) is 1. The molecular formula is C11H20N2. The molecule has 1 heterocycles. The van der Waals surface area contributed by atoms with Gasteiger partial charge in [-0.2, -0.15) is 0 Å². The number of piperidine rings is 1. The minimum absolute atomic E-state index is 0.872. The van der Waals surface area contributed by atoms with Crippen molar-refractivity contribution in [3.05, 3.63) is 23.5 Å². The van der Waals surface area contributed by atoms with E-state index in [4.69, 9.17) is 5.73 Å². The van der Waals surface area contributed by atoms with Crippen LogP contribution in [0, 0.1) is 0 Å². The molecule has 0 amide bonds. The van der Waals surface area contributed by atoms with Gasteiger partial charge in [-0.15, -0.1) is 0 Å². The van der Waals surface area contributed by atoms with Crippen LogP contribution >= 0.6 is 0 Å². The van der Waals surface area contributed by atoms with E-state index in [0.29, 0.717) is 0 Å². The first-order valence-electron chi connectivity index (χ1n) is 5.06. The maximum Gasteiger partial charge on any atom is 0.0174 e. The maximum atomic E-state index is 5.57. The zero-order valence-electron chi connectivity index (χ0n) is 8.71. The van der Waals surface area contributed by atoms with Crippen LogP contribution in [0.15, 0.2) is 23.5 Å². The molecule has 0 aromatic carbocycles. The summed E-state index contributed by atoms with van der Waals surface area (Å²) in [6, 6.07) is 0. The summed E-state index contributed by atoms with van der Waals surface area (Å²) >= 11 is 0. The molecular weight excluding hydrogens is 160 g/mol. The number of rotatable bonds is 2. The fraction of sp³-hybridized carbons (Fsp3) is 0.636. The third-order valence-corrected chi connectivity index (χ3v) is 2.44. The maximum absolute atomic E-state index is 5.57. The molecule has 1 saturated heterocycles. The highest BCUT2D eigenvalue weighted by atomic mass is 15.1. The van der Waals surface area contributed by atoms with E-state index in [1.165, 1.54) is 38.0 Å². The second-order valence-corrected chi connectivity index (χ2v) is 3.77. The first-order valence-corrected chi connectivity index (χ1v) is 5.06. The van der Waals surface area contributed by atoms with Crippen molar-refractivity contribution in [2.75, 3.05) is 13.1 Å². The second-order valence-electron chi connectivity index (χ2n) is 3.77. The summed E-state index contributed by atoms with van der Waals surface area (Å²) in [5.41, 5.74) is 7.78. The van der Waals surface area contributed by atoms with Gasteiger partial charge in [-0.25, -0.2) is 0 Å². The quantitative estimate of drug-likeness (QED) is 0.660. The smallest absolute Gasteiger partial charge is 0.0174 e. The van der Waals surface area contributed by atoms with Crippen LogP contribution in [0.25, 0.3) is 0 Å². The molecule has 2 N–H and O–H groups in total. The van der Waals surface area contributed by atoms with Crippen molar-refractivity contribution in [3.63, 3.8) is 0 Å². The fourth-order valence-corrected chi connectivity index (χ4v) is 1.60. The highest BCUT2D eigenvalue weighted by Crippen LogP contribution is 2.14. The zero-order chi connectivity index (χ0) is 9.68. The lowest BCUT2D eigenvalue weighted by atomic mass is 10.1. The minimum Gasteiger partial charge on any atom is -0.402 e. The van der Waals surface area contributed by atoms with Gasteiger partial charge in [0.15, 0.2) is 0 Å². The number of hydrogen-bond acceptors (Lipinski definition) is 2. The molecule has 0 aromatic heterocycles. The molecule has 1 fully saturated rings. The Kier molecular flexibility index (Phi) is 3.87. The van der Waals surface area contributed by atoms with Crippen molar-refractivity contribution in [1.82, 2.24) is 4.90 Å². The van der Waals surface area contributed by atoms with E-state index in [9.17, 15) is 0 Å². The van der Waals surface area contributed by atoms with E-state index in [2.05, 4.69) is 17.9 Å². The Morgan fingerprint density at radius 2 is 1.69 bits per heavy atom. The summed E-state index contributed by atoms with van der Waals surface area (Å²) in [6.45, 7) is 6.49. The molecule has 0 unspecified atom stereocenters. The topological polar surface area (TPSA) is 29.3 Å². The van der Waals surface area contributed by atoms with Gasteiger partial charge >= 0.3 is 0 Å². The zero-order valence-corrected chi connectivity index (χ0v) is 8.71. The van der Waals surface area contributed by atoms with Gasteiger partial charge in [0, 0.05) is 24.5 Å². The number of nitrogens with two attached hydrogens (primary N) is 1. The highest BCUT2D eigenvalue weighted by molar-refractivity contribution is 5.13. The molecule has 2 nitrogen and oxygen atoms in total. The predicted octanol–water partition coefficient (Wildman–Crippen LogP) is 2.24. The normalized spacial score (nSPS) is 20.6. The molecule has 0 aliphatic carbocycles. The Balaban J connectivity index is 2.49. The van der Waals surface area contributed by atoms with Gasteiger partial charge in [0.1, 0.15) is 0 Å². The van der Waals surface area contributed by atoms with Gasteiger partial charge in [0.25, 0.3) is 0 Å². The standard InChI is InChI=1S/C11H20N2/c1-10(12)6-7-11(2)13-8-4-3-5-9-13/h6-7H,3-5,8-9,12H2,1-2H3/b10-6+,11-7+. The summed E-state index contributed by atoms with van der Waals surface area (Å²) in [4.78, 5) is 2.43. The molecule has 0 atom stereocenters. The Morgan fingerprint density at radius 1 is 1.08 bits per heavy atom. The minimum atomic E-state index is 0.872. The van der Waals surface area contributed by atoms with Crippen LogP contribution < -0.4 is 5.73 Å². The molecule has 2 heteroatoms. The van der Waals surface area contributed by atoms with E-state index in [1.807, 2.05) is 13.0 Å². The van der Waals surface area contributed by atoms with Crippen molar-refractivity contribution < 1.29 is 0 Å². The van der Waals surface area contributed by atoms with Crippen molar-refractivity contribution in [2.45, 2.75) is 33.1 Å². The molecule has 1 aliphatic rings.